The van der Waals surface area contributed by atoms with E-state index >= 15 is 0 Å². The van der Waals surface area contributed by atoms with Crippen molar-refractivity contribution in [2.24, 2.45) is 5.92 Å². The molecular formula is C32H55O5PS. The van der Waals surface area contributed by atoms with Crippen molar-refractivity contribution < 1.29 is 22.4 Å². The van der Waals surface area contributed by atoms with Crippen molar-refractivity contribution in [3.8, 4) is 0 Å². The molecule has 39 heavy (non-hydrogen) atoms. The van der Waals surface area contributed by atoms with Crippen LogP contribution in [0.25, 0.3) is 5.57 Å². The van der Waals surface area contributed by atoms with Crippen LogP contribution in [-0.2, 0) is 19.6 Å². The van der Waals surface area contributed by atoms with Gasteiger partial charge in [0.25, 0.3) is 10.1 Å². The number of methoxy groups -OCH3 is 2. The van der Waals surface area contributed by atoms with Crippen LogP contribution < -0.4 is 0 Å². The zero-order chi connectivity index (χ0) is 30.7. The maximum Gasteiger partial charge on any atom is 0.261 e. The Morgan fingerprint density at radius 2 is 1.41 bits per heavy atom. The van der Waals surface area contributed by atoms with Crippen LogP contribution in [0.15, 0.2) is 36.1 Å². The molecule has 1 aromatic rings. The van der Waals surface area contributed by atoms with Crippen molar-refractivity contribution in [1.29, 1.82) is 0 Å². The topological polar surface area (TPSA) is 72.8 Å². The summed E-state index contributed by atoms with van der Waals surface area (Å²) in [5.74, 6) is 2.25. The van der Waals surface area contributed by atoms with Crippen LogP contribution in [0.1, 0.15) is 112 Å². The van der Waals surface area contributed by atoms with Gasteiger partial charge in [-0.2, -0.15) is 8.42 Å². The molecule has 1 N–H and O–H groups in total. The van der Waals surface area contributed by atoms with Gasteiger partial charge >= 0.3 is 0 Å². The lowest BCUT2D eigenvalue weighted by Crippen LogP contribution is -2.54. The third-order valence-corrected chi connectivity index (χ3v) is 11.6. The van der Waals surface area contributed by atoms with E-state index < -0.39 is 18.0 Å². The van der Waals surface area contributed by atoms with E-state index in [2.05, 4.69) is 113 Å². The number of allylic oxidation sites excluding steroid dienone is 1. The molecule has 224 valence electrons. The lowest BCUT2D eigenvalue weighted by molar-refractivity contribution is 0.100. The summed E-state index contributed by atoms with van der Waals surface area (Å²) >= 11 is 0. The molecule has 5 nitrogen and oxygen atoms in total. The van der Waals surface area contributed by atoms with E-state index in [1.165, 1.54) is 22.3 Å². The van der Waals surface area contributed by atoms with E-state index in [1.807, 2.05) is 14.2 Å². The largest absolute Gasteiger partial charge is 0.496 e. The summed E-state index contributed by atoms with van der Waals surface area (Å²) in [4.78, 5) is 0. The maximum atomic E-state index is 9.19. The van der Waals surface area contributed by atoms with Crippen molar-refractivity contribution in [2.75, 3.05) is 20.5 Å². The van der Waals surface area contributed by atoms with Gasteiger partial charge in [-0.1, -0.05) is 115 Å². The molecule has 2 unspecified atom stereocenters. The second kappa shape index (κ2) is 13.2. The Hall–Kier alpha value is -1.20. The molecule has 0 saturated heterocycles. The normalized spacial score (nSPS) is 20.7. The highest BCUT2D eigenvalue weighted by atomic mass is 32.2. The van der Waals surface area contributed by atoms with E-state index in [9.17, 15) is 8.42 Å². The average Bonchev–Trinajstić information content (AvgIpc) is 2.74. The molecule has 0 fully saturated rings. The summed E-state index contributed by atoms with van der Waals surface area (Å²) in [6.07, 6.45) is 5.11. The number of rotatable bonds is 7. The SMILES string of the molecule is COC1=C(c2ccc(C(C)C)cc2C(C)C)C(C(C)C)(P(C(C)(C)C)C(C)(C)C)C(OC)C=C1.CS(=O)(=O)O. The van der Waals surface area contributed by atoms with Gasteiger partial charge in [-0.15, -0.1) is 0 Å². The Morgan fingerprint density at radius 1 is 0.923 bits per heavy atom. The summed E-state index contributed by atoms with van der Waals surface area (Å²) in [7, 11) is -0.552. The van der Waals surface area contributed by atoms with Crippen LogP contribution in [0.4, 0.5) is 0 Å². The van der Waals surface area contributed by atoms with Crippen molar-refractivity contribution in [3.63, 3.8) is 0 Å². The van der Waals surface area contributed by atoms with Crippen LogP contribution in [0, 0.1) is 5.92 Å². The number of ether oxygens (including phenoxy) is 2. The van der Waals surface area contributed by atoms with Crippen LogP contribution in [0.3, 0.4) is 0 Å². The molecule has 0 bridgehead atoms. The van der Waals surface area contributed by atoms with E-state index in [-0.39, 0.29) is 21.6 Å². The highest BCUT2D eigenvalue weighted by Crippen LogP contribution is 2.75. The third kappa shape index (κ3) is 8.41. The fourth-order valence-electron chi connectivity index (χ4n) is 6.40. The first-order valence-electron chi connectivity index (χ1n) is 13.9. The molecule has 2 rings (SSSR count). The Labute approximate surface area is 241 Å². The molecule has 0 spiro atoms. The summed E-state index contributed by atoms with van der Waals surface area (Å²) in [6.45, 7) is 28.5. The molecule has 0 aliphatic heterocycles. The molecule has 0 amide bonds. The average molecular weight is 583 g/mol. The number of benzene rings is 1. The van der Waals surface area contributed by atoms with E-state index in [4.69, 9.17) is 14.0 Å². The molecule has 0 aromatic heterocycles. The van der Waals surface area contributed by atoms with Crippen LogP contribution in [0.5, 0.6) is 0 Å². The summed E-state index contributed by atoms with van der Waals surface area (Å²) in [6, 6.07) is 7.14. The molecule has 0 radical (unpaired) electrons. The first kappa shape index (κ1) is 35.8. The van der Waals surface area contributed by atoms with Crippen LogP contribution in [-0.4, -0.2) is 55.0 Å². The molecule has 2 atom stereocenters. The van der Waals surface area contributed by atoms with Gasteiger partial charge in [0.2, 0.25) is 0 Å². The highest BCUT2D eigenvalue weighted by molar-refractivity contribution is 7.85. The van der Waals surface area contributed by atoms with Crippen molar-refractivity contribution in [3.05, 3.63) is 52.8 Å². The van der Waals surface area contributed by atoms with Gasteiger partial charge in [0, 0.05) is 12.7 Å². The van der Waals surface area contributed by atoms with Crippen LogP contribution >= 0.6 is 7.92 Å². The van der Waals surface area contributed by atoms with Gasteiger partial charge in [0.05, 0.1) is 24.6 Å². The summed E-state index contributed by atoms with van der Waals surface area (Å²) < 4.78 is 38.4. The summed E-state index contributed by atoms with van der Waals surface area (Å²) in [5, 5.41) is 0.0171. The van der Waals surface area contributed by atoms with Gasteiger partial charge in [-0.05, 0) is 50.8 Å². The third-order valence-electron chi connectivity index (χ3n) is 7.20. The monoisotopic (exact) mass is 582 g/mol. The first-order chi connectivity index (χ1) is 17.5. The minimum Gasteiger partial charge on any atom is -0.496 e. The van der Waals surface area contributed by atoms with Gasteiger partial charge in [0.15, 0.2) is 0 Å². The molecule has 7 heteroatoms. The van der Waals surface area contributed by atoms with Crippen LogP contribution in [0.2, 0.25) is 0 Å². The zero-order valence-electron chi connectivity index (χ0n) is 27.1. The highest BCUT2D eigenvalue weighted by Gasteiger charge is 2.59. The number of hydrogen-bond donors (Lipinski definition) is 1. The number of hydrogen-bond acceptors (Lipinski definition) is 4. The molecule has 1 aliphatic carbocycles. The Kier molecular flexibility index (Phi) is 12.1. The fraction of sp³-hybridized carbons (Fsp3) is 0.688. The lowest BCUT2D eigenvalue weighted by Gasteiger charge is -2.60. The van der Waals surface area contributed by atoms with E-state index in [0.29, 0.717) is 24.0 Å². The zero-order valence-corrected chi connectivity index (χ0v) is 28.8. The molecule has 1 aliphatic rings. The second-order valence-corrected chi connectivity index (χ2v) is 19.1. The first-order valence-corrected chi connectivity index (χ1v) is 17.1. The molecule has 0 saturated carbocycles. The molecule has 0 heterocycles. The predicted molar refractivity (Wildman–Crippen MR) is 170 cm³/mol. The lowest BCUT2D eigenvalue weighted by atomic mass is 9.73. The second-order valence-electron chi connectivity index (χ2n) is 13.5. The smallest absolute Gasteiger partial charge is 0.261 e. The minimum absolute atomic E-state index is 0.0178. The fourth-order valence-corrected chi connectivity index (χ4v) is 12.0. The standard InChI is InChI=1S/C31H51O2P.CH4O3S/c1-20(2)23-15-16-24(25(19-23)21(3)4)28-26(32-13)17-18-27(33-14)31(28,22(5)6)34(29(7,8)9)30(10,11)12;1-5(2,3)4/h15-22,27H,1-14H3;1H3,(H,2,3,4). The van der Waals surface area contributed by atoms with Crippen molar-refractivity contribution in [1.82, 2.24) is 0 Å². The van der Waals surface area contributed by atoms with E-state index in [0.717, 1.165) is 5.76 Å². The summed E-state index contributed by atoms with van der Waals surface area (Å²) in [5.41, 5.74) is 5.47. The molecular weight excluding hydrogens is 527 g/mol. The van der Waals surface area contributed by atoms with Gasteiger partial charge in [0.1, 0.15) is 5.76 Å². The maximum absolute atomic E-state index is 9.19. The predicted octanol–water partition coefficient (Wildman–Crippen LogP) is 8.85. The van der Waals surface area contributed by atoms with Gasteiger partial charge in [-0.3, -0.25) is 4.55 Å². The minimum atomic E-state index is -3.67. The molecule has 1 aromatic carbocycles. The Morgan fingerprint density at radius 3 is 1.74 bits per heavy atom. The van der Waals surface area contributed by atoms with Crippen molar-refractivity contribution in [2.45, 2.75) is 116 Å². The van der Waals surface area contributed by atoms with Gasteiger partial charge in [-0.25, -0.2) is 0 Å². The van der Waals surface area contributed by atoms with E-state index in [1.54, 1.807) is 0 Å². The Bertz CT molecular complexity index is 1110. The quantitative estimate of drug-likeness (QED) is 0.257. The van der Waals surface area contributed by atoms with Gasteiger partial charge < -0.3 is 9.47 Å². The Balaban J connectivity index is 0.00000139. The van der Waals surface area contributed by atoms with Crippen molar-refractivity contribution >= 4 is 23.6 Å².